The molecule has 1 aliphatic rings. The van der Waals surface area contributed by atoms with Crippen molar-refractivity contribution in [3.05, 3.63) is 28.8 Å². The smallest absolute Gasteiger partial charge is 0.315 e. The molecule has 0 aromatic heterocycles. The van der Waals surface area contributed by atoms with E-state index in [0.29, 0.717) is 30.2 Å². The Kier molecular flexibility index (Phi) is 17.6. The first-order chi connectivity index (χ1) is 25.3. The largest absolute Gasteiger partial charge is 0.492 e. The average molecular weight is 821 g/mol. The summed E-state index contributed by atoms with van der Waals surface area (Å²) in [6, 6.07) is 0.0755. The number of hydrogen-bond acceptors (Lipinski definition) is 7. The number of halogens is 3. The number of nitrogens with one attached hydrogen (secondary N) is 4. The zero-order valence-electron chi connectivity index (χ0n) is 34.2. The number of likely N-dealkylation sites (N-methyl/N-ethyl adjacent to an activating group) is 1. The van der Waals surface area contributed by atoms with E-state index in [1.165, 1.54) is 11.9 Å². The minimum Gasteiger partial charge on any atom is -0.492 e. The van der Waals surface area contributed by atoms with Crippen LogP contribution in [0.15, 0.2) is 18.2 Å². The third kappa shape index (κ3) is 14.7. The fraction of sp³-hybridized carbons (Fsp3) is 0.737. The van der Waals surface area contributed by atoms with Crippen LogP contribution in [0.25, 0.3) is 0 Å². The Labute approximate surface area is 331 Å². The molecule has 314 valence electrons. The number of carbonyl (C=O) groups excluding carboxylic acids is 4. The standard InChI is InChI=1S/C38H63ClF2N6O7S/c1-12-19-54-28-14-13-24(20-26(28)39)15-17-42-33(48)27(21-30(40)41)43-34(49)31-25(23(2)3)16-18-47(31)35(50)32(38(7,8)9)45-36(51)44-29(37(4,5)6)22-46(10)55(11,52)53/h13-14,20,23,25,27,29-32H,12,15-19,21-22H2,1-11H3,(H,42,48)(H,43,49)(H2,44,45,51)/t25?,27-,29+,31-,32+/m0/s1. The highest BCUT2D eigenvalue weighted by atomic mass is 35.5. The third-order valence-corrected chi connectivity index (χ3v) is 11.4. The second-order valence-electron chi connectivity index (χ2n) is 16.9. The molecule has 0 saturated carbocycles. The van der Waals surface area contributed by atoms with Crippen LogP contribution in [0, 0.1) is 22.7 Å². The molecule has 2 rings (SSSR count). The van der Waals surface area contributed by atoms with Gasteiger partial charge in [-0.2, -0.15) is 0 Å². The molecule has 0 aliphatic carbocycles. The number of carbonyl (C=O) groups is 4. The van der Waals surface area contributed by atoms with Crippen molar-refractivity contribution in [3.8, 4) is 5.75 Å². The van der Waals surface area contributed by atoms with E-state index >= 15 is 0 Å². The summed E-state index contributed by atoms with van der Waals surface area (Å²) >= 11 is 6.32. The predicted octanol–water partition coefficient (Wildman–Crippen LogP) is 4.82. The first kappa shape index (κ1) is 47.9. The highest BCUT2D eigenvalue weighted by molar-refractivity contribution is 7.88. The Hall–Kier alpha value is -3.24. The van der Waals surface area contributed by atoms with Gasteiger partial charge < -0.3 is 30.9 Å². The van der Waals surface area contributed by atoms with Gasteiger partial charge in [-0.15, -0.1) is 0 Å². The van der Waals surface area contributed by atoms with E-state index in [1.807, 2.05) is 41.5 Å². The number of alkyl halides is 2. The van der Waals surface area contributed by atoms with Crippen molar-refractivity contribution in [2.75, 3.05) is 39.5 Å². The van der Waals surface area contributed by atoms with Crippen molar-refractivity contribution in [1.82, 2.24) is 30.5 Å². The lowest BCUT2D eigenvalue weighted by molar-refractivity contribution is -0.144. The summed E-state index contributed by atoms with van der Waals surface area (Å²) in [5, 5.41) is 11.2. The van der Waals surface area contributed by atoms with Crippen molar-refractivity contribution < 1.29 is 41.1 Å². The van der Waals surface area contributed by atoms with E-state index in [1.54, 1.807) is 39.0 Å². The lowest BCUT2D eigenvalue weighted by Crippen LogP contribution is -2.62. The van der Waals surface area contributed by atoms with Crippen molar-refractivity contribution in [2.45, 2.75) is 119 Å². The number of rotatable bonds is 18. The summed E-state index contributed by atoms with van der Waals surface area (Å²) in [6.07, 6.45) is -1.18. The maximum absolute atomic E-state index is 14.4. The van der Waals surface area contributed by atoms with E-state index < -0.39 is 81.6 Å². The van der Waals surface area contributed by atoms with Crippen LogP contribution in [0.2, 0.25) is 5.02 Å². The number of amides is 5. The second-order valence-corrected chi connectivity index (χ2v) is 19.4. The van der Waals surface area contributed by atoms with Crippen molar-refractivity contribution >= 4 is 45.4 Å². The van der Waals surface area contributed by atoms with Crippen LogP contribution in [0.4, 0.5) is 13.6 Å². The van der Waals surface area contributed by atoms with Gasteiger partial charge >= 0.3 is 6.03 Å². The number of ether oxygens (including phenoxy) is 1. The maximum atomic E-state index is 14.4. The lowest BCUT2D eigenvalue weighted by atomic mass is 9.84. The number of likely N-dealkylation sites (tertiary alicyclic amines) is 1. The summed E-state index contributed by atoms with van der Waals surface area (Å²) in [7, 11) is -2.13. The molecular weight excluding hydrogens is 758 g/mol. The SMILES string of the molecule is CCCOc1ccc(CCNC(=O)[C@H](CC(F)F)NC(=O)[C@@H]2C(C(C)C)CCN2C(=O)[C@@H](NC(=O)N[C@H](CN(C)S(C)(=O)=O)C(C)(C)C)C(C)(C)C)cc1Cl. The van der Waals surface area contributed by atoms with Gasteiger partial charge in [0.1, 0.15) is 23.9 Å². The van der Waals surface area contributed by atoms with E-state index in [-0.39, 0.29) is 31.5 Å². The summed E-state index contributed by atoms with van der Waals surface area (Å²) < 4.78 is 58.6. The van der Waals surface area contributed by atoms with Crippen LogP contribution in [0.5, 0.6) is 5.75 Å². The number of sulfonamides is 1. The second kappa shape index (κ2) is 20.3. The Morgan fingerprint density at radius 3 is 2.18 bits per heavy atom. The minimum absolute atomic E-state index is 0.0162. The van der Waals surface area contributed by atoms with Crippen LogP contribution >= 0.6 is 11.6 Å². The molecule has 1 heterocycles. The van der Waals surface area contributed by atoms with Gasteiger partial charge in [-0.05, 0) is 59.6 Å². The molecule has 1 aromatic rings. The Bertz CT molecular complexity index is 1590. The number of benzene rings is 1. The van der Waals surface area contributed by atoms with Gasteiger partial charge in [-0.1, -0.05) is 80.0 Å². The van der Waals surface area contributed by atoms with Crippen LogP contribution in [0.3, 0.4) is 0 Å². The molecule has 0 bridgehead atoms. The minimum atomic E-state index is -3.55. The molecule has 4 N–H and O–H groups in total. The Morgan fingerprint density at radius 1 is 1.04 bits per heavy atom. The van der Waals surface area contributed by atoms with Crippen LogP contribution in [-0.4, -0.2) is 112 Å². The average Bonchev–Trinajstić information content (AvgIpc) is 3.50. The lowest BCUT2D eigenvalue weighted by Gasteiger charge is -2.38. The number of hydrogen-bond donors (Lipinski definition) is 4. The first-order valence-electron chi connectivity index (χ1n) is 18.8. The molecule has 1 fully saturated rings. The molecule has 1 saturated heterocycles. The Morgan fingerprint density at radius 2 is 1.67 bits per heavy atom. The molecule has 5 atom stereocenters. The van der Waals surface area contributed by atoms with Gasteiger partial charge in [0.25, 0.3) is 0 Å². The predicted molar refractivity (Wildman–Crippen MR) is 211 cm³/mol. The number of urea groups is 1. The molecule has 13 nitrogen and oxygen atoms in total. The highest BCUT2D eigenvalue weighted by Gasteiger charge is 2.48. The van der Waals surface area contributed by atoms with Gasteiger partial charge in [0.2, 0.25) is 34.2 Å². The molecule has 1 aromatic carbocycles. The van der Waals surface area contributed by atoms with E-state index in [2.05, 4.69) is 21.3 Å². The van der Waals surface area contributed by atoms with Crippen LogP contribution in [0.1, 0.15) is 87.1 Å². The molecular formula is C38H63ClF2N6O7S. The topological polar surface area (TPSA) is 166 Å². The van der Waals surface area contributed by atoms with Crippen LogP contribution < -0.4 is 26.0 Å². The fourth-order valence-electron chi connectivity index (χ4n) is 6.32. The quantitative estimate of drug-likeness (QED) is 0.165. The molecule has 1 unspecified atom stereocenters. The zero-order chi connectivity index (χ0) is 42.1. The summed E-state index contributed by atoms with van der Waals surface area (Å²) in [5.74, 6) is -2.00. The Balaban J connectivity index is 2.27. The van der Waals surface area contributed by atoms with E-state index in [9.17, 15) is 36.4 Å². The maximum Gasteiger partial charge on any atom is 0.315 e. The molecule has 1 aliphatic heterocycles. The summed E-state index contributed by atoms with van der Waals surface area (Å²) in [4.78, 5) is 56.5. The molecule has 55 heavy (non-hydrogen) atoms. The number of nitrogens with zero attached hydrogens (tertiary/aromatic N) is 2. The van der Waals surface area contributed by atoms with Crippen LogP contribution in [-0.2, 0) is 30.8 Å². The molecule has 17 heteroatoms. The van der Waals surface area contributed by atoms with Crippen molar-refractivity contribution in [3.63, 3.8) is 0 Å². The van der Waals surface area contributed by atoms with Gasteiger partial charge in [-0.25, -0.2) is 26.3 Å². The zero-order valence-corrected chi connectivity index (χ0v) is 35.8. The third-order valence-electron chi connectivity index (χ3n) is 9.82. The first-order valence-corrected chi connectivity index (χ1v) is 21.1. The molecule has 0 radical (unpaired) electrons. The normalized spacial score (nSPS) is 18.2. The van der Waals surface area contributed by atoms with Gasteiger partial charge in [0.15, 0.2) is 0 Å². The summed E-state index contributed by atoms with van der Waals surface area (Å²) in [6.45, 7) is 17.3. The van der Waals surface area contributed by atoms with E-state index in [0.717, 1.165) is 22.5 Å². The van der Waals surface area contributed by atoms with E-state index in [4.69, 9.17) is 16.3 Å². The van der Waals surface area contributed by atoms with Gasteiger partial charge in [0, 0.05) is 39.1 Å². The van der Waals surface area contributed by atoms with Crippen molar-refractivity contribution in [1.29, 1.82) is 0 Å². The van der Waals surface area contributed by atoms with Gasteiger partial charge in [-0.3, -0.25) is 14.4 Å². The summed E-state index contributed by atoms with van der Waals surface area (Å²) in [5.41, 5.74) is -0.629. The monoisotopic (exact) mass is 820 g/mol. The van der Waals surface area contributed by atoms with Gasteiger partial charge in [0.05, 0.1) is 17.9 Å². The van der Waals surface area contributed by atoms with Crippen molar-refractivity contribution in [2.24, 2.45) is 22.7 Å². The molecule has 5 amide bonds. The molecule has 0 spiro atoms. The fourth-order valence-corrected chi connectivity index (χ4v) is 7.00. The highest BCUT2D eigenvalue weighted by Crippen LogP contribution is 2.34.